The third-order valence-electron chi connectivity index (χ3n) is 2.85. The van der Waals surface area contributed by atoms with Gasteiger partial charge in [0.05, 0.1) is 5.69 Å². The number of nitrogens with zero attached hydrogens (tertiary/aromatic N) is 2. The zero-order valence-electron chi connectivity index (χ0n) is 11.7. The molecule has 1 rings (SSSR count). The largest absolute Gasteiger partial charge is 0.384 e. The van der Waals surface area contributed by atoms with Crippen molar-refractivity contribution in [1.82, 2.24) is 9.55 Å². The molecular formula is C13H25N3S. The van der Waals surface area contributed by atoms with E-state index in [2.05, 4.69) is 38.5 Å². The number of nitrogen functional groups attached to an aromatic ring is 1. The fraction of sp³-hybridized carbons (Fsp3) is 0.769. The second kappa shape index (κ2) is 6.34. The summed E-state index contributed by atoms with van der Waals surface area (Å²) in [5.41, 5.74) is 7.30. The van der Waals surface area contributed by atoms with Crippen molar-refractivity contribution in [1.29, 1.82) is 0 Å². The highest BCUT2D eigenvalue weighted by molar-refractivity contribution is 7.98. The molecule has 0 amide bonds. The van der Waals surface area contributed by atoms with Crippen LogP contribution >= 0.6 is 11.8 Å². The fourth-order valence-electron chi connectivity index (χ4n) is 2.03. The molecule has 0 aliphatic heterocycles. The Labute approximate surface area is 109 Å². The van der Waals surface area contributed by atoms with Crippen LogP contribution in [0.1, 0.15) is 57.6 Å². The van der Waals surface area contributed by atoms with Crippen LogP contribution in [0.2, 0.25) is 0 Å². The quantitative estimate of drug-likeness (QED) is 0.792. The van der Waals surface area contributed by atoms with Gasteiger partial charge in [-0.05, 0) is 38.7 Å². The molecule has 0 atom stereocenters. The van der Waals surface area contributed by atoms with E-state index in [1.807, 2.05) is 11.8 Å². The molecule has 4 heteroatoms. The van der Waals surface area contributed by atoms with Crippen LogP contribution in [0.25, 0.3) is 0 Å². The number of anilines is 1. The van der Waals surface area contributed by atoms with Crippen LogP contribution in [0.3, 0.4) is 0 Å². The van der Waals surface area contributed by atoms with Gasteiger partial charge >= 0.3 is 0 Å². The number of aryl methyl sites for hydroxylation is 1. The van der Waals surface area contributed by atoms with Crippen molar-refractivity contribution in [2.75, 3.05) is 17.7 Å². The Morgan fingerprint density at radius 1 is 1.29 bits per heavy atom. The zero-order chi connectivity index (χ0) is 13.0. The summed E-state index contributed by atoms with van der Waals surface area (Å²) in [5.74, 6) is 3.58. The van der Waals surface area contributed by atoms with Crippen LogP contribution in [0.4, 0.5) is 5.82 Å². The summed E-state index contributed by atoms with van der Waals surface area (Å²) >= 11 is 1.87. The molecule has 0 aliphatic carbocycles. The summed E-state index contributed by atoms with van der Waals surface area (Å²) in [6.45, 7) is 8.67. The monoisotopic (exact) mass is 255 g/mol. The molecule has 0 fully saturated rings. The third-order valence-corrected chi connectivity index (χ3v) is 3.54. The summed E-state index contributed by atoms with van der Waals surface area (Å²) < 4.78 is 2.18. The number of nitrogens with two attached hydrogens (primary N) is 1. The van der Waals surface area contributed by atoms with Crippen molar-refractivity contribution in [3.63, 3.8) is 0 Å². The lowest BCUT2D eigenvalue weighted by Gasteiger charge is -2.15. The lowest BCUT2D eigenvalue weighted by molar-refractivity contribution is 0.556. The van der Waals surface area contributed by atoms with Crippen molar-refractivity contribution >= 4 is 17.6 Å². The van der Waals surface area contributed by atoms with Gasteiger partial charge in [0.2, 0.25) is 0 Å². The summed E-state index contributed by atoms with van der Waals surface area (Å²) in [7, 11) is 0. The van der Waals surface area contributed by atoms with Crippen molar-refractivity contribution in [2.45, 2.75) is 52.5 Å². The average molecular weight is 255 g/mol. The molecular weight excluding hydrogens is 230 g/mol. The average Bonchev–Trinajstić information content (AvgIpc) is 2.57. The number of imidazole rings is 1. The molecule has 0 saturated carbocycles. The molecule has 0 saturated heterocycles. The van der Waals surface area contributed by atoms with Crippen LogP contribution in [-0.2, 0) is 6.42 Å². The molecule has 98 valence electrons. The topological polar surface area (TPSA) is 43.8 Å². The summed E-state index contributed by atoms with van der Waals surface area (Å²) in [6, 6.07) is 0.384. The summed E-state index contributed by atoms with van der Waals surface area (Å²) in [5, 5.41) is 0. The van der Waals surface area contributed by atoms with Gasteiger partial charge in [-0.15, -0.1) is 0 Å². The summed E-state index contributed by atoms with van der Waals surface area (Å²) in [4.78, 5) is 4.73. The van der Waals surface area contributed by atoms with E-state index in [9.17, 15) is 0 Å². The standard InChI is InChI=1S/C13H25N3S/c1-9(2)13-15-11(7-6-8-17-5)12(14)16(13)10(3)4/h9-10H,6-8,14H2,1-5H3. The summed E-state index contributed by atoms with van der Waals surface area (Å²) in [6.07, 6.45) is 4.28. The first-order chi connectivity index (χ1) is 7.99. The minimum atomic E-state index is 0.384. The Balaban J connectivity index is 2.96. The number of hydrogen-bond donors (Lipinski definition) is 1. The predicted molar refractivity (Wildman–Crippen MR) is 77.8 cm³/mol. The molecule has 0 unspecified atom stereocenters. The highest BCUT2D eigenvalue weighted by Crippen LogP contribution is 2.26. The fourth-order valence-corrected chi connectivity index (χ4v) is 2.46. The number of hydrogen-bond acceptors (Lipinski definition) is 3. The molecule has 1 aromatic rings. The normalized spacial score (nSPS) is 11.7. The molecule has 0 radical (unpaired) electrons. The highest BCUT2D eigenvalue weighted by atomic mass is 32.2. The predicted octanol–water partition coefficient (Wildman–Crippen LogP) is 3.47. The van der Waals surface area contributed by atoms with Crippen molar-refractivity contribution in [3.05, 3.63) is 11.5 Å². The second-order valence-corrected chi connectivity index (χ2v) is 6.00. The smallest absolute Gasteiger partial charge is 0.127 e. The molecule has 0 aromatic carbocycles. The van der Waals surface area contributed by atoms with E-state index in [-0.39, 0.29) is 0 Å². The van der Waals surface area contributed by atoms with Crippen molar-refractivity contribution in [3.8, 4) is 0 Å². The van der Waals surface area contributed by atoms with Gasteiger partial charge in [-0.3, -0.25) is 0 Å². The van der Waals surface area contributed by atoms with Crippen molar-refractivity contribution in [2.24, 2.45) is 0 Å². The maximum atomic E-state index is 6.22. The molecule has 0 aliphatic rings. The van der Waals surface area contributed by atoms with Gasteiger partial charge in [-0.25, -0.2) is 4.98 Å². The van der Waals surface area contributed by atoms with Crippen LogP contribution in [0, 0.1) is 0 Å². The SMILES string of the molecule is CSCCCc1nc(C(C)C)n(C(C)C)c1N. The Hall–Kier alpha value is -0.640. The number of rotatable bonds is 6. The molecule has 0 spiro atoms. The van der Waals surface area contributed by atoms with Crippen molar-refractivity contribution < 1.29 is 0 Å². The van der Waals surface area contributed by atoms with E-state index in [1.54, 1.807) is 0 Å². The van der Waals surface area contributed by atoms with E-state index in [0.717, 1.165) is 30.2 Å². The maximum absolute atomic E-state index is 6.22. The highest BCUT2D eigenvalue weighted by Gasteiger charge is 2.18. The van der Waals surface area contributed by atoms with Crippen LogP contribution < -0.4 is 5.73 Å². The first kappa shape index (κ1) is 14.4. The third kappa shape index (κ3) is 3.41. The molecule has 3 nitrogen and oxygen atoms in total. The van der Waals surface area contributed by atoms with Crippen LogP contribution in [0.15, 0.2) is 0 Å². The van der Waals surface area contributed by atoms with Crippen LogP contribution in [-0.4, -0.2) is 21.6 Å². The van der Waals surface area contributed by atoms with Gasteiger partial charge < -0.3 is 10.3 Å². The Kier molecular flexibility index (Phi) is 5.37. The van der Waals surface area contributed by atoms with E-state index in [1.165, 1.54) is 5.75 Å². The van der Waals surface area contributed by atoms with E-state index >= 15 is 0 Å². The lowest BCUT2D eigenvalue weighted by atomic mass is 10.2. The van der Waals surface area contributed by atoms with Gasteiger partial charge in [0, 0.05) is 12.0 Å². The van der Waals surface area contributed by atoms with E-state index in [0.29, 0.717) is 12.0 Å². The van der Waals surface area contributed by atoms with Gasteiger partial charge in [-0.1, -0.05) is 13.8 Å². The lowest BCUT2D eigenvalue weighted by Crippen LogP contribution is -2.10. The minimum Gasteiger partial charge on any atom is -0.384 e. The number of aromatic nitrogens is 2. The minimum absolute atomic E-state index is 0.384. The molecule has 1 heterocycles. The Morgan fingerprint density at radius 2 is 1.94 bits per heavy atom. The van der Waals surface area contributed by atoms with Crippen LogP contribution in [0.5, 0.6) is 0 Å². The Morgan fingerprint density at radius 3 is 2.35 bits per heavy atom. The zero-order valence-corrected chi connectivity index (χ0v) is 12.5. The Bertz CT molecular complexity index is 356. The van der Waals surface area contributed by atoms with E-state index in [4.69, 9.17) is 10.7 Å². The molecule has 2 N–H and O–H groups in total. The first-order valence-corrected chi connectivity index (χ1v) is 7.73. The van der Waals surface area contributed by atoms with Gasteiger partial charge in [0.25, 0.3) is 0 Å². The van der Waals surface area contributed by atoms with Gasteiger partial charge in [0.1, 0.15) is 11.6 Å². The number of thioether (sulfide) groups is 1. The molecule has 17 heavy (non-hydrogen) atoms. The first-order valence-electron chi connectivity index (χ1n) is 6.34. The maximum Gasteiger partial charge on any atom is 0.127 e. The molecule has 1 aromatic heterocycles. The van der Waals surface area contributed by atoms with Gasteiger partial charge in [0.15, 0.2) is 0 Å². The van der Waals surface area contributed by atoms with Gasteiger partial charge in [-0.2, -0.15) is 11.8 Å². The molecule has 0 bridgehead atoms. The second-order valence-electron chi connectivity index (χ2n) is 5.02. The van der Waals surface area contributed by atoms with E-state index < -0.39 is 0 Å².